The molecular weight excluding hydrogens is 306 g/mol. The Hall–Kier alpha value is -2.15. The highest BCUT2D eigenvalue weighted by atomic mass is 16.5. The number of anilines is 1. The summed E-state index contributed by atoms with van der Waals surface area (Å²) in [6.07, 6.45) is 6.55. The highest BCUT2D eigenvalue weighted by molar-refractivity contribution is 5.88. The van der Waals surface area contributed by atoms with Crippen molar-refractivity contribution in [3.63, 3.8) is 0 Å². The number of amides is 1. The average Bonchev–Trinajstić information content (AvgIpc) is 3.07. The van der Waals surface area contributed by atoms with Crippen molar-refractivity contribution in [1.29, 1.82) is 0 Å². The molecule has 2 aromatic heterocycles. The molecule has 1 saturated carbocycles. The van der Waals surface area contributed by atoms with Crippen LogP contribution in [0.3, 0.4) is 0 Å². The zero-order chi connectivity index (χ0) is 16.1. The summed E-state index contributed by atoms with van der Waals surface area (Å²) in [5, 5.41) is 1.05. The minimum Gasteiger partial charge on any atom is -0.381 e. The first-order valence-corrected chi connectivity index (χ1v) is 8.69. The lowest BCUT2D eigenvalue weighted by atomic mass is 10.0. The number of carbonyl (C=O) groups is 1. The van der Waals surface area contributed by atoms with Gasteiger partial charge in [0.2, 0.25) is 5.91 Å². The largest absolute Gasteiger partial charge is 0.381 e. The van der Waals surface area contributed by atoms with E-state index < -0.39 is 0 Å². The second kappa shape index (κ2) is 5.17. The Kier molecular flexibility index (Phi) is 3.06. The molecule has 0 aromatic carbocycles. The smallest absolute Gasteiger partial charge is 0.228 e. The van der Waals surface area contributed by atoms with Crippen molar-refractivity contribution in [3.05, 3.63) is 18.6 Å². The molecule has 0 bridgehead atoms. The van der Waals surface area contributed by atoms with Crippen molar-refractivity contribution in [2.75, 3.05) is 37.7 Å². The SMILES string of the molecule is O=C(C1CCOC1)N1CCN(c2ncnc3[nH]ccc23)CC12CC2. The number of fused-ring (bicyclic) bond motifs is 1. The Morgan fingerprint density at radius 2 is 2.25 bits per heavy atom. The van der Waals surface area contributed by atoms with Crippen molar-refractivity contribution in [3.8, 4) is 0 Å². The molecule has 1 N–H and O–H groups in total. The van der Waals surface area contributed by atoms with E-state index in [0.29, 0.717) is 12.5 Å². The highest BCUT2D eigenvalue weighted by Crippen LogP contribution is 2.46. The lowest BCUT2D eigenvalue weighted by molar-refractivity contribution is -0.139. The molecule has 126 valence electrons. The van der Waals surface area contributed by atoms with Gasteiger partial charge in [-0.2, -0.15) is 0 Å². The normalized spacial score (nSPS) is 25.6. The van der Waals surface area contributed by atoms with Gasteiger partial charge < -0.3 is 19.5 Å². The van der Waals surface area contributed by atoms with Crippen LogP contribution in [0.1, 0.15) is 19.3 Å². The van der Waals surface area contributed by atoms with Gasteiger partial charge in [-0.15, -0.1) is 0 Å². The fourth-order valence-electron chi connectivity index (χ4n) is 4.13. The molecule has 5 rings (SSSR count). The van der Waals surface area contributed by atoms with Crippen molar-refractivity contribution in [2.24, 2.45) is 5.92 Å². The van der Waals surface area contributed by atoms with E-state index in [9.17, 15) is 4.79 Å². The predicted molar refractivity (Wildman–Crippen MR) is 88.7 cm³/mol. The van der Waals surface area contributed by atoms with Crippen molar-refractivity contribution in [1.82, 2.24) is 19.9 Å². The van der Waals surface area contributed by atoms with Crippen LogP contribution in [-0.4, -0.2) is 64.1 Å². The third-order valence-electron chi connectivity index (χ3n) is 5.66. The van der Waals surface area contributed by atoms with Crippen LogP contribution in [0.2, 0.25) is 0 Å². The lowest BCUT2D eigenvalue weighted by Crippen LogP contribution is -2.58. The van der Waals surface area contributed by atoms with Crippen LogP contribution >= 0.6 is 0 Å². The molecule has 7 nitrogen and oxygen atoms in total. The second-order valence-corrected chi connectivity index (χ2v) is 7.13. The molecule has 0 radical (unpaired) electrons. The Morgan fingerprint density at radius 1 is 1.33 bits per heavy atom. The van der Waals surface area contributed by atoms with E-state index in [0.717, 1.165) is 62.4 Å². The summed E-state index contributed by atoms with van der Waals surface area (Å²) < 4.78 is 5.41. The average molecular weight is 327 g/mol. The molecule has 7 heteroatoms. The number of H-pyrrole nitrogens is 1. The zero-order valence-electron chi connectivity index (χ0n) is 13.6. The minimum atomic E-state index is 0.00546. The van der Waals surface area contributed by atoms with Crippen LogP contribution in [0.5, 0.6) is 0 Å². The van der Waals surface area contributed by atoms with Crippen LogP contribution in [0, 0.1) is 5.92 Å². The van der Waals surface area contributed by atoms with Gasteiger partial charge in [-0.3, -0.25) is 4.79 Å². The maximum Gasteiger partial charge on any atom is 0.228 e. The van der Waals surface area contributed by atoms with Gasteiger partial charge in [0, 0.05) is 32.4 Å². The maximum absolute atomic E-state index is 12.9. The van der Waals surface area contributed by atoms with E-state index in [4.69, 9.17) is 4.74 Å². The Morgan fingerprint density at radius 3 is 3.04 bits per heavy atom. The van der Waals surface area contributed by atoms with E-state index in [1.165, 1.54) is 0 Å². The number of ether oxygens (including phenoxy) is 1. The van der Waals surface area contributed by atoms with Gasteiger partial charge in [0.1, 0.15) is 17.8 Å². The summed E-state index contributed by atoms with van der Waals surface area (Å²) >= 11 is 0. The summed E-state index contributed by atoms with van der Waals surface area (Å²) in [6.45, 7) is 3.76. The molecule has 3 aliphatic rings. The van der Waals surface area contributed by atoms with Crippen molar-refractivity contribution in [2.45, 2.75) is 24.8 Å². The molecule has 1 unspecified atom stereocenters. The van der Waals surface area contributed by atoms with Gasteiger partial charge >= 0.3 is 0 Å². The first-order chi connectivity index (χ1) is 11.8. The highest BCUT2D eigenvalue weighted by Gasteiger charge is 2.54. The molecule has 1 aliphatic carbocycles. The summed E-state index contributed by atoms with van der Waals surface area (Å²) in [6, 6.07) is 2.03. The third kappa shape index (κ3) is 2.11. The lowest BCUT2D eigenvalue weighted by Gasteiger charge is -2.43. The van der Waals surface area contributed by atoms with E-state index >= 15 is 0 Å². The second-order valence-electron chi connectivity index (χ2n) is 7.13. The molecule has 2 aromatic rings. The Balaban J connectivity index is 1.40. The number of hydrogen-bond donors (Lipinski definition) is 1. The fraction of sp³-hybridized carbons (Fsp3) is 0.588. The van der Waals surface area contributed by atoms with Crippen LogP contribution < -0.4 is 4.90 Å². The summed E-state index contributed by atoms with van der Waals surface area (Å²) in [4.78, 5) is 29.3. The first kappa shape index (κ1) is 14.2. The zero-order valence-corrected chi connectivity index (χ0v) is 13.6. The molecule has 2 saturated heterocycles. The van der Waals surface area contributed by atoms with E-state index in [-0.39, 0.29) is 11.5 Å². The van der Waals surface area contributed by atoms with Crippen LogP contribution in [0.15, 0.2) is 18.6 Å². The van der Waals surface area contributed by atoms with Crippen LogP contribution in [0.4, 0.5) is 5.82 Å². The Bertz CT molecular complexity index is 778. The summed E-state index contributed by atoms with van der Waals surface area (Å²) in [7, 11) is 0. The molecule has 3 fully saturated rings. The van der Waals surface area contributed by atoms with Crippen molar-refractivity contribution < 1.29 is 9.53 Å². The quantitative estimate of drug-likeness (QED) is 0.896. The topological polar surface area (TPSA) is 74.3 Å². The first-order valence-electron chi connectivity index (χ1n) is 8.69. The summed E-state index contributed by atoms with van der Waals surface area (Å²) in [5.74, 6) is 1.33. The van der Waals surface area contributed by atoms with Gasteiger partial charge in [0.15, 0.2) is 0 Å². The van der Waals surface area contributed by atoms with Gasteiger partial charge in [0.25, 0.3) is 0 Å². The fourth-order valence-corrected chi connectivity index (χ4v) is 4.13. The van der Waals surface area contributed by atoms with E-state index in [1.54, 1.807) is 6.33 Å². The number of piperazine rings is 1. The number of aromatic nitrogens is 3. The van der Waals surface area contributed by atoms with E-state index in [2.05, 4.69) is 24.8 Å². The number of nitrogens with one attached hydrogen (secondary N) is 1. The van der Waals surface area contributed by atoms with E-state index in [1.807, 2.05) is 12.3 Å². The standard InChI is InChI=1S/C17H21N5O2/c23-16(12-2-8-24-9-12)22-7-6-21(10-17(22)3-4-17)15-13-1-5-18-14(13)19-11-20-15/h1,5,11-12H,2-4,6-10H2,(H,18,19,20). The monoisotopic (exact) mass is 327 g/mol. The summed E-state index contributed by atoms with van der Waals surface area (Å²) in [5.41, 5.74) is 0.873. The molecule has 24 heavy (non-hydrogen) atoms. The molecule has 1 amide bonds. The van der Waals surface area contributed by atoms with Gasteiger partial charge in [-0.25, -0.2) is 9.97 Å². The van der Waals surface area contributed by atoms with Crippen LogP contribution in [-0.2, 0) is 9.53 Å². The van der Waals surface area contributed by atoms with Gasteiger partial charge in [-0.05, 0) is 25.3 Å². The molecule has 1 spiro atoms. The van der Waals surface area contributed by atoms with Crippen molar-refractivity contribution >= 4 is 22.8 Å². The molecule has 4 heterocycles. The van der Waals surface area contributed by atoms with Crippen LogP contribution in [0.25, 0.3) is 11.0 Å². The molecule has 2 aliphatic heterocycles. The maximum atomic E-state index is 12.9. The third-order valence-corrected chi connectivity index (χ3v) is 5.66. The number of hydrogen-bond acceptors (Lipinski definition) is 5. The number of aromatic amines is 1. The number of carbonyl (C=O) groups excluding carboxylic acids is 1. The number of nitrogens with zero attached hydrogens (tertiary/aromatic N) is 4. The molecule has 1 atom stereocenters. The molecular formula is C17H21N5O2. The van der Waals surface area contributed by atoms with Gasteiger partial charge in [0.05, 0.1) is 23.4 Å². The Labute approximate surface area is 140 Å². The minimum absolute atomic E-state index is 0.00546. The predicted octanol–water partition coefficient (Wildman–Crippen LogP) is 1.18. The van der Waals surface area contributed by atoms with Gasteiger partial charge in [-0.1, -0.05) is 0 Å². The number of rotatable bonds is 2.